The van der Waals surface area contributed by atoms with Gasteiger partial charge in [0, 0.05) is 6.20 Å². The van der Waals surface area contributed by atoms with Crippen LogP contribution >= 0.6 is 0 Å². The maximum atomic E-state index is 12.4. The summed E-state index contributed by atoms with van der Waals surface area (Å²) in [4.78, 5) is 4.22. The van der Waals surface area contributed by atoms with Gasteiger partial charge in [0.25, 0.3) is 10.0 Å². The molecule has 0 saturated heterocycles. The van der Waals surface area contributed by atoms with Gasteiger partial charge < -0.3 is 0 Å². The molecule has 0 aliphatic rings. The minimum Gasteiger partial charge on any atom is -0.276 e. The standard InChI is InChI=1S/C14H11N5O2S/c1-10-16-14-13(6-3-7-19(14)17-10)18-22(20,21)12-5-2-4-11(8-12)9-15/h2-8,18H,1H3. The number of benzene rings is 1. The SMILES string of the molecule is Cc1nc2c(NS(=O)(=O)c3cccc(C#N)c3)cccn2n1. The van der Waals surface area contributed by atoms with Crippen LogP contribution in [0.25, 0.3) is 5.65 Å². The van der Waals surface area contributed by atoms with Gasteiger partial charge >= 0.3 is 0 Å². The Labute approximate surface area is 126 Å². The van der Waals surface area contributed by atoms with E-state index < -0.39 is 10.0 Å². The lowest BCUT2D eigenvalue weighted by Gasteiger charge is -2.08. The number of nitrogens with zero attached hydrogens (tertiary/aromatic N) is 4. The predicted octanol–water partition coefficient (Wildman–Crippen LogP) is 1.71. The van der Waals surface area contributed by atoms with Crippen LogP contribution in [0.1, 0.15) is 11.4 Å². The highest BCUT2D eigenvalue weighted by Gasteiger charge is 2.17. The smallest absolute Gasteiger partial charge is 0.262 e. The highest BCUT2D eigenvalue weighted by molar-refractivity contribution is 7.92. The summed E-state index contributed by atoms with van der Waals surface area (Å²) < 4.78 is 28.9. The highest BCUT2D eigenvalue weighted by atomic mass is 32.2. The predicted molar refractivity (Wildman–Crippen MR) is 79.7 cm³/mol. The average Bonchev–Trinajstić information content (AvgIpc) is 2.88. The number of pyridine rings is 1. The van der Waals surface area contributed by atoms with Crippen LogP contribution in [0.2, 0.25) is 0 Å². The lowest BCUT2D eigenvalue weighted by molar-refractivity contribution is 0.601. The van der Waals surface area contributed by atoms with Crippen molar-refractivity contribution in [2.24, 2.45) is 0 Å². The summed E-state index contributed by atoms with van der Waals surface area (Å²) >= 11 is 0. The van der Waals surface area contributed by atoms with E-state index >= 15 is 0 Å². The number of aryl methyl sites for hydroxylation is 1. The molecule has 0 fully saturated rings. The van der Waals surface area contributed by atoms with E-state index in [0.717, 1.165) is 0 Å². The van der Waals surface area contributed by atoms with Crippen LogP contribution in [0.5, 0.6) is 0 Å². The first-order chi connectivity index (χ1) is 10.5. The van der Waals surface area contributed by atoms with Crippen LogP contribution in [0.3, 0.4) is 0 Å². The van der Waals surface area contributed by atoms with Gasteiger partial charge in [-0.25, -0.2) is 17.9 Å². The topological polar surface area (TPSA) is 100 Å². The molecular weight excluding hydrogens is 302 g/mol. The first-order valence-electron chi connectivity index (χ1n) is 6.34. The average molecular weight is 313 g/mol. The summed E-state index contributed by atoms with van der Waals surface area (Å²) in [6, 6.07) is 11.0. The van der Waals surface area contributed by atoms with Crippen molar-refractivity contribution >= 4 is 21.4 Å². The zero-order valence-electron chi connectivity index (χ0n) is 11.6. The van der Waals surface area contributed by atoms with E-state index in [1.54, 1.807) is 31.3 Å². The van der Waals surface area contributed by atoms with E-state index in [0.29, 0.717) is 17.2 Å². The molecule has 0 aliphatic heterocycles. The number of hydrogen-bond donors (Lipinski definition) is 1. The molecule has 1 aromatic carbocycles. The first-order valence-corrected chi connectivity index (χ1v) is 7.83. The maximum Gasteiger partial charge on any atom is 0.262 e. The Morgan fingerprint density at radius 3 is 2.86 bits per heavy atom. The van der Waals surface area contributed by atoms with Gasteiger partial charge in [-0.05, 0) is 37.3 Å². The monoisotopic (exact) mass is 313 g/mol. The second-order valence-corrected chi connectivity index (χ2v) is 6.28. The van der Waals surface area contributed by atoms with Crippen LogP contribution in [-0.4, -0.2) is 23.0 Å². The molecule has 0 atom stereocenters. The van der Waals surface area contributed by atoms with Crippen LogP contribution in [0, 0.1) is 18.3 Å². The Balaban J connectivity index is 2.05. The molecule has 0 spiro atoms. The molecule has 2 aromatic heterocycles. The molecule has 2 heterocycles. The number of anilines is 1. The lowest BCUT2D eigenvalue weighted by atomic mass is 10.2. The third-order valence-corrected chi connectivity index (χ3v) is 4.35. The molecule has 1 N–H and O–H groups in total. The Morgan fingerprint density at radius 1 is 1.27 bits per heavy atom. The fourth-order valence-electron chi connectivity index (χ4n) is 2.03. The van der Waals surface area contributed by atoms with Crippen LogP contribution in [0.15, 0.2) is 47.5 Å². The summed E-state index contributed by atoms with van der Waals surface area (Å²) in [6.07, 6.45) is 1.68. The molecule has 0 radical (unpaired) electrons. The molecule has 0 bridgehead atoms. The van der Waals surface area contributed by atoms with Crippen LogP contribution in [-0.2, 0) is 10.0 Å². The minimum absolute atomic E-state index is 0.0183. The molecular formula is C14H11N5O2S. The van der Waals surface area contributed by atoms with Crippen LogP contribution in [0.4, 0.5) is 5.69 Å². The second-order valence-electron chi connectivity index (χ2n) is 4.59. The Morgan fingerprint density at radius 2 is 2.09 bits per heavy atom. The number of aromatic nitrogens is 3. The molecule has 3 rings (SSSR count). The molecule has 0 aliphatic carbocycles. The van der Waals surface area contributed by atoms with Gasteiger partial charge in [-0.3, -0.25) is 4.72 Å². The van der Waals surface area contributed by atoms with Gasteiger partial charge in [0.1, 0.15) is 5.82 Å². The third-order valence-electron chi connectivity index (χ3n) is 2.99. The van der Waals surface area contributed by atoms with Gasteiger partial charge in [0.15, 0.2) is 5.65 Å². The van der Waals surface area contributed by atoms with Crippen molar-refractivity contribution in [3.8, 4) is 6.07 Å². The van der Waals surface area contributed by atoms with Crippen molar-refractivity contribution in [2.75, 3.05) is 4.72 Å². The fraction of sp³-hybridized carbons (Fsp3) is 0.0714. The summed E-state index contributed by atoms with van der Waals surface area (Å²) in [5.74, 6) is 0.540. The van der Waals surface area contributed by atoms with Crippen LogP contribution < -0.4 is 4.72 Å². The quantitative estimate of drug-likeness (QED) is 0.793. The van der Waals surface area contributed by atoms with Crippen molar-refractivity contribution < 1.29 is 8.42 Å². The Bertz CT molecular complexity index is 1000. The number of sulfonamides is 1. The van der Waals surface area contributed by atoms with Crippen molar-refractivity contribution in [3.63, 3.8) is 0 Å². The van der Waals surface area contributed by atoms with Crippen molar-refractivity contribution in [3.05, 3.63) is 54.0 Å². The molecule has 0 saturated carbocycles. The van der Waals surface area contributed by atoms with Gasteiger partial charge in [0.05, 0.1) is 22.2 Å². The van der Waals surface area contributed by atoms with Crippen molar-refractivity contribution in [1.82, 2.24) is 14.6 Å². The van der Waals surface area contributed by atoms with Gasteiger partial charge in [-0.2, -0.15) is 10.4 Å². The minimum atomic E-state index is -3.81. The Hall–Kier alpha value is -2.92. The summed E-state index contributed by atoms with van der Waals surface area (Å²) in [5.41, 5.74) is 1.02. The number of nitrogens with one attached hydrogen (secondary N) is 1. The molecule has 8 heteroatoms. The number of rotatable bonds is 3. The summed E-state index contributed by atoms with van der Waals surface area (Å²) in [7, 11) is -3.81. The zero-order chi connectivity index (χ0) is 15.7. The molecule has 110 valence electrons. The molecule has 0 unspecified atom stereocenters. The zero-order valence-corrected chi connectivity index (χ0v) is 12.4. The van der Waals surface area contributed by atoms with Crippen molar-refractivity contribution in [1.29, 1.82) is 5.26 Å². The number of hydrogen-bond acceptors (Lipinski definition) is 5. The molecule has 22 heavy (non-hydrogen) atoms. The molecule has 3 aromatic rings. The maximum absolute atomic E-state index is 12.4. The van der Waals surface area contributed by atoms with Gasteiger partial charge in [0.2, 0.25) is 0 Å². The highest BCUT2D eigenvalue weighted by Crippen LogP contribution is 2.20. The van der Waals surface area contributed by atoms with E-state index in [2.05, 4.69) is 14.8 Å². The van der Waals surface area contributed by atoms with E-state index in [1.807, 2.05) is 6.07 Å². The summed E-state index contributed by atoms with van der Waals surface area (Å²) in [5, 5.41) is 13.0. The number of nitriles is 1. The first kappa shape index (κ1) is 14.0. The van der Waals surface area contributed by atoms with E-state index in [1.165, 1.54) is 22.7 Å². The summed E-state index contributed by atoms with van der Waals surface area (Å²) in [6.45, 7) is 1.72. The van der Waals surface area contributed by atoms with Gasteiger partial charge in [-0.1, -0.05) is 6.07 Å². The van der Waals surface area contributed by atoms with Crippen molar-refractivity contribution in [2.45, 2.75) is 11.8 Å². The fourth-order valence-corrected chi connectivity index (χ4v) is 3.14. The Kier molecular flexibility index (Phi) is 3.27. The molecule has 7 nitrogen and oxygen atoms in total. The van der Waals surface area contributed by atoms with E-state index in [4.69, 9.17) is 5.26 Å². The van der Waals surface area contributed by atoms with E-state index in [9.17, 15) is 8.42 Å². The normalized spacial score (nSPS) is 11.3. The molecule has 0 amide bonds. The van der Waals surface area contributed by atoms with Gasteiger partial charge in [-0.15, -0.1) is 0 Å². The van der Waals surface area contributed by atoms with E-state index in [-0.39, 0.29) is 10.5 Å². The lowest BCUT2D eigenvalue weighted by Crippen LogP contribution is -2.14. The largest absolute Gasteiger partial charge is 0.276 e. The third kappa shape index (κ3) is 2.49. The second kappa shape index (κ2) is 5.13. The number of fused-ring (bicyclic) bond motifs is 1.